The summed E-state index contributed by atoms with van der Waals surface area (Å²) in [6, 6.07) is 4.20. The van der Waals surface area contributed by atoms with Gasteiger partial charge >= 0.3 is 0 Å². The SMILES string of the molecule is C=N/C=C\C(=CCCC)N(C(=C)/C=C(/C)C(=C)C1=C(C)C=C(N2c3ccncc3CC3=CC2C=CN=C3)CC=C1)c1ccncc1C. The molecule has 0 aromatic carbocycles. The minimum atomic E-state index is 0.0567. The number of nitrogens with zero attached hydrogens (tertiary/aromatic N) is 6. The van der Waals surface area contributed by atoms with Crippen molar-refractivity contribution in [2.75, 3.05) is 9.80 Å². The highest BCUT2D eigenvalue weighted by atomic mass is 15.2. The quantitative estimate of drug-likeness (QED) is 0.185. The molecule has 6 heteroatoms. The van der Waals surface area contributed by atoms with Crippen LogP contribution in [-0.4, -0.2) is 28.9 Å². The number of aryl methyl sites for hydroxylation is 1. The molecule has 0 saturated carbocycles. The first-order valence-corrected chi connectivity index (χ1v) is 16.1. The van der Waals surface area contributed by atoms with Crippen molar-refractivity contribution in [3.63, 3.8) is 0 Å². The van der Waals surface area contributed by atoms with Crippen LogP contribution in [0.1, 0.15) is 51.2 Å². The van der Waals surface area contributed by atoms with Crippen LogP contribution in [0.3, 0.4) is 0 Å². The Hall–Kier alpha value is -5.36. The number of allylic oxidation sites excluding steroid dienone is 11. The molecule has 238 valence electrons. The van der Waals surface area contributed by atoms with Gasteiger partial charge in [0, 0.05) is 79.0 Å². The molecule has 3 aliphatic rings. The molecule has 0 amide bonds. The summed E-state index contributed by atoms with van der Waals surface area (Å²) < 4.78 is 0. The average molecular weight is 621 g/mol. The Kier molecular flexibility index (Phi) is 10.7. The lowest BCUT2D eigenvalue weighted by Crippen LogP contribution is -2.32. The number of anilines is 2. The van der Waals surface area contributed by atoms with Gasteiger partial charge in [-0.2, -0.15) is 0 Å². The van der Waals surface area contributed by atoms with Crippen LogP contribution < -0.4 is 9.80 Å². The maximum absolute atomic E-state index is 4.58. The smallest absolute Gasteiger partial charge is 0.0727 e. The van der Waals surface area contributed by atoms with Gasteiger partial charge in [-0.05, 0) is 109 Å². The molecule has 0 spiro atoms. The van der Waals surface area contributed by atoms with Crippen LogP contribution in [0.5, 0.6) is 0 Å². The van der Waals surface area contributed by atoms with E-state index in [9.17, 15) is 0 Å². The number of pyridine rings is 2. The first-order valence-electron chi connectivity index (χ1n) is 16.1. The summed E-state index contributed by atoms with van der Waals surface area (Å²) in [5.41, 5.74) is 12.9. The van der Waals surface area contributed by atoms with Crippen LogP contribution in [0, 0.1) is 6.92 Å². The Balaban J connectivity index is 1.51. The Bertz CT molecular complexity index is 1840. The molecule has 0 saturated heterocycles. The first kappa shape index (κ1) is 33.0. The van der Waals surface area contributed by atoms with Gasteiger partial charge in [0.25, 0.3) is 0 Å². The van der Waals surface area contributed by atoms with Crippen molar-refractivity contribution in [1.29, 1.82) is 0 Å². The average Bonchev–Trinajstić information content (AvgIpc) is 3.48. The van der Waals surface area contributed by atoms with Crippen molar-refractivity contribution in [3.05, 3.63) is 167 Å². The second-order valence-electron chi connectivity index (χ2n) is 12.0. The van der Waals surface area contributed by atoms with Crippen molar-refractivity contribution in [2.24, 2.45) is 9.98 Å². The van der Waals surface area contributed by atoms with E-state index in [-0.39, 0.29) is 6.04 Å². The zero-order valence-electron chi connectivity index (χ0n) is 28.0. The standard InChI is InChI=1S/C41H44N6/c1-8-9-11-36(14-18-42-7)46(40-16-20-43-26-31(40)4)32(5)22-29(2)33(6)39-13-10-12-37(23-30(39)3)47-38-15-19-44-27-34(25-38)24-35-28-45-21-17-41(35)47/h10-11,13-23,25-28,38H,5-9,12,24H2,1-4H3/b18-14-,29-22-,36-11?. The second kappa shape index (κ2) is 15.3. The van der Waals surface area contributed by atoms with E-state index in [1.54, 1.807) is 6.20 Å². The van der Waals surface area contributed by atoms with E-state index in [2.05, 4.69) is 126 Å². The highest BCUT2D eigenvalue weighted by Gasteiger charge is 2.26. The van der Waals surface area contributed by atoms with Gasteiger partial charge in [-0.3, -0.25) is 20.0 Å². The van der Waals surface area contributed by atoms with E-state index in [0.717, 1.165) is 70.6 Å². The van der Waals surface area contributed by atoms with E-state index >= 15 is 0 Å². The molecular formula is C41H44N6. The topological polar surface area (TPSA) is 57.0 Å². The number of hydrogen-bond acceptors (Lipinski definition) is 6. The van der Waals surface area contributed by atoms with Crippen LogP contribution in [0.2, 0.25) is 0 Å². The lowest BCUT2D eigenvalue weighted by molar-refractivity contribution is 0.860. The Morgan fingerprint density at radius 2 is 1.96 bits per heavy atom. The largest absolute Gasteiger partial charge is 0.334 e. The van der Waals surface area contributed by atoms with E-state index in [1.165, 1.54) is 22.5 Å². The number of aliphatic imine (C=N–C) groups is 2. The third-order valence-electron chi connectivity index (χ3n) is 8.51. The Morgan fingerprint density at radius 3 is 2.74 bits per heavy atom. The predicted molar refractivity (Wildman–Crippen MR) is 200 cm³/mol. The van der Waals surface area contributed by atoms with Crippen LogP contribution in [0.15, 0.2) is 166 Å². The zero-order valence-corrected chi connectivity index (χ0v) is 28.0. The first-order chi connectivity index (χ1) is 22.8. The van der Waals surface area contributed by atoms with Crippen LogP contribution in [0.25, 0.3) is 0 Å². The van der Waals surface area contributed by atoms with E-state index in [0.29, 0.717) is 0 Å². The van der Waals surface area contributed by atoms with Crippen molar-refractivity contribution in [3.8, 4) is 0 Å². The lowest BCUT2D eigenvalue weighted by atomic mass is 9.95. The molecule has 2 bridgehead atoms. The van der Waals surface area contributed by atoms with Crippen LogP contribution in [0.4, 0.5) is 11.4 Å². The fraction of sp³-hybridized carbons (Fsp3) is 0.220. The lowest BCUT2D eigenvalue weighted by Gasteiger charge is -2.32. The fourth-order valence-electron chi connectivity index (χ4n) is 6.15. The molecule has 47 heavy (non-hydrogen) atoms. The predicted octanol–water partition coefficient (Wildman–Crippen LogP) is 9.62. The number of hydrogen-bond donors (Lipinski definition) is 0. The molecule has 0 fully saturated rings. The summed E-state index contributed by atoms with van der Waals surface area (Å²) in [5, 5.41) is 0. The summed E-state index contributed by atoms with van der Waals surface area (Å²) in [5.74, 6) is 0. The molecule has 1 aliphatic carbocycles. The summed E-state index contributed by atoms with van der Waals surface area (Å²) in [7, 11) is 0. The molecule has 6 nitrogen and oxygen atoms in total. The molecule has 2 aromatic rings. The van der Waals surface area contributed by atoms with Gasteiger partial charge in [-0.25, -0.2) is 0 Å². The summed E-state index contributed by atoms with van der Waals surface area (Å²) in [6.07, 6.45) is 34.2. The van der Waals surface area contributed by atoms with Crippen LogP contribution in [-0.2, 0) is 6.42 Å². The van der Waals surface area contributed by atoms with Crippen molar-refractivity contribution in [1.82, 2.24) is 9.97 Å². The number of rotatable bonds is 11. The number of fused-ring (bicyclic) bond motifs is 2. The van der Waals surface area contributed by atoms with Gasteiger partial charge in [0.05, 0.1) is 11.7 Å². The maximum Gasteiger partial charge on any atom is 0.0727 e. The maximum atomic E-state index is 4.58. The molecule has 2 aromatic heterocycles. The summed E-state index contributed by atoms with van der Waals surface area (Å²) in [6.45, 7) is 21.3. The number of aromatic nitrogens is 2. The van der Waals surface area contributed by atoms with Gasteiger partial charge in [0.1, 0.15) is 0 Å². The fourth-order valence-corrected chi connectivity index (χ4v) is 6.15. The van der Waals surface area contributed by atoms with Gasteiger partial charge < -0.3 is 9.80 Å². The molecule has 1 atom stereocenters. The molecule has 0 radical (unpaired) electrons. The van der Waals surface area contributed by atoms with E-state index in [1.807, 2.05) is 49.3 Å². The highest BCUT2D eigenvalue weighted by Crippen LogP contribution is 2.37. The molecule has 4 heterocycles. The van der Waals surface area contributed by atoms with Gasteiger partial charge in [-0.15, -0.1) is 0 Å². The van der Waals surface area contributed by atoms with Gasteiger partial charge in [0.15, 0.2) is 0 Å². The zero-order chi connectivity index (χ0) is 33.3. The van der Waals surface area contributed by atoms with Crippen molar-refractivity contribution >= 4 is 24.3 Å². The molecular weight excluding hydrogens is 576 g/mol. The van der Waals surface area contributed by atoms with Gasteiger partial charge in [-0.1, -0.05) is 50.8 Å². The summed E-state index contributed by atoms with van der Waals surface area (Å²) in [4.78, 5) is 21.8. The minimum Gasteiger partial charge on any atom is -0.334 e. The van der Waals surface area contributed by atoms with Crippen LogP contribution >= 0.6 is 0 Å². The minimum absolute atomic E-state index is 0.0567. The van der Waals surface area contributed by atoms with E-state index < -0.39 is 0 Å². The molecule has 2 aliphatic heterocycles. The normalized spacial score (nSPS) is 17.9. The monoisotopic (exact) mass is 620 g/mol. The molecule has 0 N–H and O–H groups in total. The third kappa shape index (κ3) is 7.55. The number of unbranched alkanes of at least 4 members (excludes halogenated alkanes) is 1. The Labute approximate surface area is 280 Å². The molecule has 5 rings (SSSR count). The van der Waals surface area contributed by atoms with Crippen molar-refractivity contribution in [2.45, 2.75) is 59.4 Å². The second-order valence-corrected chi connectivity index (χ2v) is 12.0. The van der Waals surface area contributed by atoms with E-state index in [4.69, 9.17) is 0 Å². The van der Waals surface area contributed by atoms with Gasteiger partial charge in [0.2, 0.25) is 0 Å². The summed E-state index contributed by atoms with van der Waals surface area (Å²) >= 11 is 0. The third-order valence-corrected chi connectivity index (χ3v) is 8.51. The Morgan fingerprint density at radius 1 is 1.15 bits per heavy atom. The highest BCUT2D eigenvalue weighted by molar-refractivity contribution is 5.83. The molecule has 1 unspecified atom stereocenters. The van der Waals surface area contributed by atoms with Crippen molar-refractivity contribution < 1.29 is 0 Å².